The van der Waals surface area contributed by atoms with Crippen LogP contribution in [0.25, 0.3) is 0 Å². The molecule has 2 amide bonds. The van der Waals surface area contributed by atoms with E-state index in [9.17, 15) is 4.79 Å². The van der Waals surface area contributed by atoms with E-state index in [1.54, 1.807) is 0 Å². The van der Waals surface area contributed by atoms with Crippen molar-refractivity contribution in [3.8, 4) is 0 Å². The van der Waals surface area contributed by atoms with Gasteiger partial charge in [-0.25, -0.2) is 4.79 Å². The normalized spacial score (nSPS) is 27.8. The smallest absolute Gasteiger partial charge is 0.315 e. The molecule has 2 aliphatic rings. The minimum atomic E-state index is -0.0748. The first-order valence-electron chi connectivity index (χ1n) is 7.97. The highest BCUT2D eigenvalue weighted by Gasteiger charge is 2.40. The number of urea groups is 1. The van der Waals surface area contributed by atoms with Gasteiger partial charge in [0.1, 0.15) is 0 Å². The Morgan fingerprint density at radius 3 is 3.18 bits per heavy atom. The summed E-state index contributed by atoms with van der Waals surface area (Å²) in [5.74, 6) is 2.24. The Balaban J connectivity index is 1.47. The molecule has 0 radical (unpaired) electrons. The Hall–Kier alpha value is -1.20. The molecule has 2 saturated heterocycles. The van der Waals surface area contributed by atoms with Gasteiger partial charge in [0.15, 0.2) is 0 Å². The molecular formula is C17H24N2O2S. The third kappa shape index (κ3) is 3.96. The molecule has 4 nitrogen and oxygen atoms in total. The molecule has 2 heterocycles. The fourth-order valence-corrected chi connectivity index (χ4v) is 4.63. The summed E-state index contributed by atoms with van der Waals surface area (Å²) in [6, 6.07) is 8.36. The van der Waals surface area contributed by atoms with E-state index >= 15 is 0 Å². The zero-order chi connectivity index (χ0) is 15.4. The molecule has 2 N–H and O–H groups in total. The van der Waals surface area contributed by atoms with Crippen LogP contribution in [0.3, 0.4) is 0 Å². The van der Waals surface area contributed by atoms with Gasteiger partial charge < -0.3 is 15.4 Å². The van der Waals surface area contributed by atoms with Crippen LogP contribution in [0.5, 0.6) is 0 Å². The van der Waals surface area contributed by atoms with E-state index in [2.05, 4.69) is 29.7 Å². The van der Waals surface area contributed by atoms with Crippen molar-refractivity contribution >= 4 is 17.8 Å². The summed E-state index contributed by atoms with van der Waals surface area (Å²) in [4.78, 5) is 12.1. The van der Waals surface area contributed by atoms with Crippen molar-refractivity contribution in [2.75, 3.05) is 18.1 Å². The van der Waals surface area contributed by atoms with Crippen LogP contribution in [0, 0.1) is 6.92 Å². The lowest BCUT2D eigenvalue weighted by Crippen LogP contribution is -2.50. The quantitative estimate of drug-likeness (QED) is 0.900. The standard InChI is InChI=1S/C17H24N2O2S/c1-13-3-2-4-14(9-13)11-18-16(20)19-15-5-7-21-17(10-15)6-8-22-12-17/h2-4,9,15H,5-8,10-12H2,1H3,(H2,18,19,20)/t15-,17+/m1/s1. The zero-order valence-corrected chi connectivity index (χ0v) is 13.9. The van der Waals surface area contributed by atoms with E-state index in [1.165, 1.54) is 11.3 Å². The van der Waals surface area contributed by atoms with E-state index in [1.807, 2.05) is 23.9 Å². The summed E-state index contributed by atoms with van der Waals surface area (Å²) >= 11 is 1.96. The molecular weight excluding hydrogens is 296 g/mol. The van der Waals surface area contributed by atoms with Gasteiger partial charge in [-0.2, -0.15) is 11.8 Å². The van der Waals surface area contributed by atoms with E-state index in [4.69, 9.17) is 4.74 Å². The zero-order valence-electron chi connectivity index (χ0n) is 13.1. The number of thioether (sulfide) groups is 1. The maximum absolute atomic E-state index is 12.1. The fraction of sp³-hybridized carbons (Fsp3) is 0.588. The number of aryl methyl sites for hydroxylation is 1. The van der Waals surface area contributed by atoms with Crippen molar-refractivity contribution < 1.29 is 9.53 Å². The SMILES string of the molecule is Cc1cccc(CNC(=O)N[C@@H]2CCO[C@@]3(CCSC3)C2)c1. The van der Waals surface area contributed by atoms with Crippen molar-refractivity contribution in [1.82, 2.24) is 10.6 Å². The predicted molar refractivity (Wildman–Crippen MR) is 90.2 cm³/mol. The van der Waals surface area contributed by atoms with Gasteiger partial charge in [0, 0.05) is 24.9 Å². The topological polar surface area (TPSA) is 50.4 Å². The Labute approximate surface area is 136 Å². The lowest BCUT2D eigenvalue weighted by Gasteiger charge is -2.37. The van der Waals surface area contributed by atoms with Crippen molar-refractivity contribution in [2.45, 2.75) is 44.4 Å². The molecule has 0 aromatic heterocycles. The number of amides is 2. The molecule has 0 unspecified atom stereocenters. The van der Waals surface area contributed by atoms with Crippen molar-refractivity contribution in [1.29, 1.82) is 0 Å². The second-order valence-electron chi connectivity index (χ2n) is 6.34. The summed E-state index contributed by atoms with van der Waals surface area (Å²) in [7, 11) is 0. The summed E-state index contributed by atoms with van der Waals surface area (Å²) in [5, 5.41) is 6.07. The molecule has 120 valence electrons. The molecule has 0 bridgehead atoms. The summed E-state index contributed by atoms with van der Waals surface area (Å²) in [5.41, 5.74) is 2.35. The number of hydrogen-bond acceptors (Lipinski definition) is 3. The van der Waals surface area contributed by atoms with Crippen LogP contribution in [0.2, 0.25) is 0 Å². The minimum Gasteiger partial charge on any atom is -0.374 e. The van der Waals surface area contributed by atoms with Crippen LogP contribution in [-0.2, 0) is 11.3 Å². The summed E-state index contributed by atoms with van der Waals surface area (Å²) < 4.78 is 5.99. The van der Waals surface area contributed by atoms with Crippen LogP contribution >= 0.6 is 11.8 Å². The Kier molecular flexibility index (Phi) is 4.93. The monoisotopic (exact) mass is 320 g/mol. The molecule has 0 aliphatic carbocycles. The first-order valence-corrected chi connectivity index (χ1v) is 9.12. The Morgan fingerprint density at radius 1 is 1.50 bits per heavy atom. The maximum atomic E-state index is 12.1. The van der Waals surface area contributed by atoms with Gasteiger partial charge in [0.25, 0.3) is 0 Å². The molecule has 3 rings (SSSR count). The Bertz CT molecular complexity index is 529. The van der Waals surface area contributed by atoms with E-state index in [0.29, 0.717) is 6.54 Å². The molecule has 0 saturated carbocycles. The van der Waals surface area contributed by atoms with E-state index in [-0.39, 0.29) is 17.7 Å². The van der Waals surface area contributed by atoms with Gasteiger partial charge >= 0.3 is 6.03 Å². The highest BCUT2D eigenvalue weighted by molar-refractivity contribution is 7.99. The third-order valence-electron chi connectivity index (χ3n) is 4.43. The van der Waals surface area contributed by atoms with Crippen molar-refractivity contribution in [2.24, 2.45) is 0 Å². The van der Waals surface area contributed by atoms with E-state index < -0.39 is 0 Å². The third-order valence-corrected chi connectivity index (χ3v) is 5.65. The van der Waals surface area contributed by atoms with Crippen molar-refractivity contribution in [3.63, 3.8) is 0 Å². The molecule has 2 aliphatic heterocycles. The van der Waals surface area contributed by atoms with Crippen molar-refractivity contribution in [3.05, 3.63) is 35.4 Å². The lowest BCUT2D eigenvalue weighted by molar-refractivity contribution is -0.0684. The molecule has 1 spiro atoms. The second-order valence-corrected chi connectivity index (χ2v) is 7.45. The first-order chi connectivity index (χ1) is 10.7. The number of nitrogens with one attached hydrogen (secondary N) is 2. The molecule has 2 fully saturated rings. The molecule has 5 heteroatoms. The van der Waals surface area contributed by atoms with Crippen LogP contribution in [0.15, 0.2) is 24.3 Å². The lowest BCUT2D eigenvalue weighted by atomic mass is 9.90. The number of carbonyl (C=O) groups excluding carboxylic acids is 1. The number of ether oxygens (including phenoxy) is 1. The summed E-state index contributed by atoms with van der Waals surface area (Å²) in [6.07, 6.45) is 2.96. The van der Waals surface area contributed by atoms with Gasteiger partial charge in [0.2, 0.25) is 0 Å². The van der Waals surface area contributed by atoms with Crippen LogP contribution in [-0.4, -0.2) is 35.8 Å². The molecule has 22 heavy (non-hydrogen) atoms. The van der Waals surface area contributed by atoms with Gasteiger partial charge in [-0.3, -0.25) is 0 Å². The number of carbonyl (C=O) groups is 1. The molecule has 2 atom stereocenters. The average Bonchev–Trinajstić information content (AvgIpc) is 2.93. The van der Waals surface area contributed by atoms with Gasteiger partial charge in [0.05, 0.1) is 5.60 Å². The molecule has 1 aromatic carbocycles. The highest BCUT2D eigenvalue weighted by Crippen LogP contribution is 2.38. The number of hydrogen-bond donors (Lipinski definition) is 2. The van der Waals surface area contributed by atoms with Crippen LogP contribution in [0.1, 0.15) is 30.4 Å². The van der Waals surface area contributed by atoms with Gasteiger partial charge in [-0.1, -0.05) is 29.8 Å². The number of benzene rings is 1. The van der Waals surface area contributed by atoms with E-state index in [0.717, 1.165) is 37.2 Å². The predicted octanol–water partition coefficient (Wildman–Crippen LogP) is 2.85. The Morgan fingerprint density at radius 2 is 2.41 bits per heavy atom. The van der Waals surface area contributed by atoms with Crippen LogP contribution in [0.4, 0.5) is 4.79 Å². The minimum absolute atomic E-state index is 0.0113. The highest BCUT2D eigenvalue weighted by atomic mass is 32.2. The first kappa shape index (κ1) is 15.7. The van der Waals surface area contributed by atoms with Gasteiger partial charge in [-0.05, 0) is 37.5 Å². The number of rotatable bonds is 3. The van der Waals surface area contributed by atoms with Crippen LogP contribution < -0.4 is 10.6 Å². The fourth-order valence-electron chi connectivity index (χ4n) is 3.26. The largest absolute Gasteiger partial charge is 0.374 e. The average molecular weight is 320 g/mol. The maximum Gasteiger partial charge on any atom is 0.315 e. The second kappa shape index (κ2) is 6.92. The summed E-state index contributed by atoms with van der Waals surface area (Å²) in [6.45, 7) is 3.38. The van der Waals surface area contributed by atoms with Gasteiger partial charge in [-0.15, -0.1) is 0 Å². The molecule has 1 aromatic rings.